The minimum atomic E-state index is 0.797. The summed E-state index contributed by atoms with van der Waals surface area (Å²) in [4.78, 5) is 2.12. The van der Waals surface area contributed by atoms with E-state index in [9.17, 15) is 0 Å². The third kappa shape index (κ3) is 1.43. The van der Waals surface area contributed by atoms with Gasteiger partial charge in [0, 0.05) is 15.2 Å². The van der Waals surface area contributed by atoms with Crippen molar-refractivity contribution in [2.24, 2.45) is 0 Å². The Hall–Kier alpha value is -0.320. The highest BCUT2D eigenvalue weighted by molar-refractivity contribution is 7.98. The van der Waals surface area contributed by atoms with Gasteiger partial charge in [-0.05, 0) is 23.8 Å². The summed E-state index contributed by atoms with van der Waals surface area (Å²) in [7, 11) is 0. The Kier molecular flexibility index (Phi) is 2.45. The monoisotopic (exact) mass is 227 g/mol. The second-order valence-corrected chi connectivity index (χ2v) is 4.92. The topological polar surface area (TPSA) is 26.0 Å². The fourth-order valence-corrected chi connectivity index (χ4v) is 3.25. The molecule has 0 unspecified atom stereocenters. The van der Waals surface area contributed by atoms with Crippen molar-refractivity contribution in [2.45, 2.75) is 9.79 Å². The lowest BCUT2D eigenvalue weighted by atomic mass is 10.2. The van der Waals surface area contributed by atoms with Crippen LogP contribution in [0.2, 0.25) is 0 Å². The smallest absolute Gasteiger partial charge is 0.0631 e. The fraction of sp³-hybridized carbons (Fsp3) is 0.111. The van der Waals surface area contributed by atoms with Crippen LogP contribution in [-0.4, -0.2) is 6.26 Å². The highest BCUT2D eigenvalue weighted by Gasteiger charge is 2.07. The minimum absolute atomic E-state index is 0.797. The van der Waals surface area contributed by atoms with E-state index in [1.165, 1.54) is 10.3 Å². The van der Waals surface area contributed by atoms with Gasteiger partial charge in [0.1, 0.15) is 0 Å². The number of thiol groups is 1. The van der Waals surface area contributed by atoms with Crippen molar-refractivity contribution in [2.75, 3.05) is 12.0 Å². The summed E-state index contributed by atoms with van der Waals surface area (Å²) in [5.74, 6) is 0. The molecule has 0 saturated carbocycles. The Labute approximate surface area is 90.7 Å². The van der Waals surface area contributed by atoms with Crippen LogP contribution in [0.25, 0.3) is 10.1 Å². The van der Waals surface area contributed by atoms with Crippen molar-refractivity contribution in [3.05, 3.63) is 17.5 Å². The number of hydrogen-bond acceptors (Lipinski definition) is 4. The van der Waals surface area contributed by atoms with Gasteiger partial charge in [0.25, 0.3) is 0 Å². The van der Waals surface area contributed by atoms with Crippen molar-refractivity contribution >= 4 is 51.5 Å². The van der Waals surface area contributed by atoms with Gasteiger partial charge in [-0.2, -0.15) is 0 Å². The molecule has 0 saturated heterocycles. The standard InChI is InChI=1S/C9H9NS3/c1-12-7-4-6(11)8(10)9-5(7)2-3-13-9/h2-4,11H,10H2,1H3. The Balaban J connectivity index is 2.87. The van der Waals surface area contributed by atoms with Crippen LogP contribution >= 0.6 is 35.7 Å². The molecule has 1 aromatic carbocycles. The largest absolute Gasteiger partial charge is 0.397 e. The molecule has 0 aliphatic carbocycles. The number of nitrogens with two attached hydrogens (primary N) is 1. The molecule has 2 N–H and O–H groups in total. The zero-order chi connectivity index (χ0) is 9.42. The maximum Gasteiger partial charge on any atom is 0.0631 e. The third-order valence-electron chi connectivity index (χ3n) is 1.94. The number of benzene rings is 1. The summed E-state index contributed by atoms with van der Waals surface area (Å²) < 4.78 is 1.15. The lowest BCUT2D eigenvalue weighted by Crippen LogP contribution is -1.87. The van der Waals surface area contributed by atoms with Crippen molar-refractivity contribution in [3.8, 4) is 0 Å². The van der Waals surface area contributed by atoms with E-state index in [0.717, 1.165) is 15.3 Å². The number of hydrogen-bond donors (Lipinski definition) is 2. The molecule has 1 heterocycles. The first kappa shape index (κ1) is 9.24. The van der Waals surface area contributed by atoms with Gasteiger partial charge in [0.15, 0.2) is 0 Å². The molecule has 0 aliphatic rings. The van der Waals surface area contributed by atoms with E-state index in [1.807, 2.05) is 6.07 Å². The third-order valence-corrected chi connectivity index (χ3v) is 4.03. The second-order valence-electron chi connectivity index (χ2n) is 2.68. The summed E-state index contributed by atoms with van der Waals surface area (Å²) in [6.45, 7) is 0. The van der Waals surface area contributed by atoms with Crippen LogP contribution < -0.4 is 5.73 Å². The molecule has 13 heavy (non-hydrogen) atoms. The normalized spacial score (nSPS) is 10.9. The molecule has 2 aromatic rings. The molecular formula is C9H9NS3. The summed E-state index contributed by atoms with van der Waals surface area (Å²) in [6.07, 6.45) is 2.07. The molecule has 2 rings (SSSR count). The molecule has 0 fully saturated rings. The maximum absolute atomic E-state index is 5.91. The van der Waals surface area contributed by atoms with E-state index in [0.29, 0.717) is 0 Å². The highest BCUT2D eigenvalue weighted by Crippen LogP contribution is 2.37. The van der Waals surface area contributed by atoms with Crippen molar-refractivity contribution in [1.82, 2.24) is 0 Å². The summed E-state index contributed by atoms with van der Waals surface area (Å²) in [5, 5.41) is 3.31. The molecule has 0 aliphatic heterocycles. The summed E-state index contributed by atoms with van der Waals surface area (Å²) in [5.41, 5.74) is 6.71. The van der Waals surface area contributed by atoms with Gasteiger partial charge in [0.2, 0.25) is 0 Å². The first-order valence-corrected chi connectivity index (χ1v) is 6.32. The van der Waals surface area contributed by atoms with Crippen LogP contribution in [0, 0.1) is 0 Å². The summed E-state index contributed by atoms with van der Waals surface area (Å²) >= 11 is 7.74. The Morgan fingerprint density at radius 2 is 2.31 bits per heavy atom. The van der Waals surface area contributed by atoms with Crippen LogP contribution in [-0.2, 0) is 0 Å². The SMILES string of the molecule is CSc1cc(S)c(N)c2sccc12. The number of anilines is 1. The lowest BCUT2D eigenvalue weighted by molar-refractivity contribution is 1.42. The zero-order valence-electron chi connectivity index (χ0n) is 7.07. The lowest BCUT2D eigenvalue weighted by Gasteiger charge is -2.04. The predicted molar refractivity (Wildman–Crippen MR) is 65.3 cm³/mol. The van der Waals surface area contributed by atoms with Crippen LogP contribution in [0.5, 0.6) is 0 Å². The van der Waals surface area contributed by atoms with Gasteiger partial charge >= 0.3 is 0 Å². The molecule has 4 heteroatoms. The molecule has 1 nitrogen and oxygen atoms in total. The maximum atomic E-state index is 5.91. The molecule has 1 aromatic heterocycles. The van der Waals surface area contributed by atoms with E-state index in [-0.39, 0.29) is 0 Å². The van der Waals surface area contributed by atoms with Gasteiger partial charge < -0.3 is 5.73 Å². The molecule has 0 atom stereocenters. The van der Waals surface area contributed by atoms with E-state index in [2.05, 4.69) is 30.3 Å². The Morgan fingerprint density at radius 1 is 1.54 bits per heavy atom. The van der Waals surface area contributed by atoms with Gasteiger partial charge in [-0.3, -0.25) is 0 Å². The average molecular weight is 227 g/mol. The van der Waals surface area contributed by atoms with Gasteiger partial charge in [-0.25, -0.2) is 0 Å². The number of rotatable bonds is 1. The van der Waals surface area contributed by atoms with E-state index in [1.54, 1.807) is 23.1 Å². The predicted octanol–water partition coefficient (Wildman–Crippen LogP) is 3.49. The number of fused-ring (bicyclic) bond motifs is 1. The van der Waals surface area contributed by atoms with Gasteiger partial charge in [-0.1, -0.05) is 0 Å². The summed E-state index contributed by atoms with van der Waals surface area (Å²) in [6, 6.07) is 4.13. The Morgan fingerprint density at radius 3 is 3.00 bits per heavy atom. The average Bonchev–Trinajstić information content (AvgIpc) is 2.60. The second kappa shape index (κ2) is 3.44. The first-order chi connectivity index (χ1) is 6.24. The molecule has 0 radical (unpaired) electrons. The minimum Gasteiger partial charge on any atom is -0.397 e. The Bertz CT molecular complexity index is 447. The van der Waals surface area contributed by atoms with Crippen LogP contribution in [0.4, 0.5) is 5.69 Å². The highest BCUT2D eigenvalue weighted by atomic mass is 32.2. The zero-order valence-corrected chi connectivity index (χ0v) is 9.60. The van der Waals surface area contributed by atoms with Crippen LogP contribution in [0.3, 0.4) is 0 Å². The number of thiophene rings is 1. The van der Waals surface area contributed by atoms with E-state index < -0.39 is 0 Å². The fourth-order valence-electron chi connectivity index (χ4n) is 1.28. The molecule has 0 amide bonds. The molecule has 0 spiro atoms. The van der Waals surface area contributed by atoms with Crippen molar-refractivity contribution < 1.29 is 0 Å². The number of thioether (sulfide) groups is 1. The quantitative estimate of drug-likeness (QED) is 0.443. The molecule has 68 valence electrons. The number of nitrogen functional groups attached to an aromatic ring is 1. The van der Waals surface area contributed by atoms with E-state index >= 15 is 0 Å². The van der Waals surface area contributed by atoms with Crippen LogP contribution in [0.15, 0.2) is 27.3 Å². The molecular weight excluding hydrogens is 218 g/mol. The van der Waals surface area contributed by atoms with Crippen molar-refractivity contribution in [3.63, 3.8) is 0 Å². The van der Waals surface area contributed by atoms with Crippen molar-refractivity contribution in [1.29, 1.82) is 0 Å². The molecule has 0 bridgehead atoms. The van der Waals surface area contributed by atoms with Gasteiger partial charge in [-0.15, -0.1) is 35.7 Å². The van der Waals surface area contributed by atoms with E-state index in [4.69, 9.17) is 5.73 Å². The first-order valence-electron chi connectivity index (χ1n) is 3.76. The van der Waals surface area contributed by atoms with Crippen LogP contribution in [0.1, 0.15) is 0 Å². The van der Waals surface area contributed by atoms with Gasteiger partial charge in [0.05, 0.1) is 10.4 Å².